The second kappa shape index (κ2) is 6.56. The van der Waals surface area contributed by atoms with Gasteiger partial charge in [0, 0.05) is 11.8 Å². The van der Waals surface area contributed by atoms with Gasteiger partial charge in [-0.25, -0.2) is 5.84 Å². The van der Waals surface area contributed by atoms with Crippen LogP contribution in [0.15, 0.2) is 41.7 Å². The zero-order chi connectivity index (χ0) is 14.4. The predicted molar refractivity (Wildman–Crippen MR) is 76.9 cm³/mol. The maximum absolute atomic E-state index is 8.89. The van der Waals surface area contributed by atoms with E-state index in [9.17, 15) is 0 Å². The van der Waals surface area contributed by atoms with E-state index >= 15 is 0 Å². The third-order valence-corrected chi connectivity index (χ3v) is 3.29. The number of nitrogens with zero attached hydrogens (tertiary/aromatic N) is 2. The summed E-state index contributed by atoms with van der Waals surface area (Å²) in [5, 5.41) is 8.89. The molecule has 5 N–H and O–H groups in total. The van der Waals surface area contributed by atoms with Crippen LogP contribution in [0.5, 0.6) is 5.75 Å². The first-order valence-electron chi connectivity index (χ1n) is 5.71. The molecule has 0 radical (unpaired) electrons. The standard InChI is InChI=1S/C13H13N5OS/c14-5-12(18-16)13(15)9-2-1-3-10(4-9)19-7-11-6-17-8-20-11/h1-4,6,8,18H,7,15-16H2/b13-12-. The van der Waals surface area contributed by atoms with Crippen LogP contribution in [-0.4, -0.2) is 4.98 Å². The van der Waals surface area contributed by atoms with Gasteiger partial charge in [-0.2, -0.15) is 5.26 Å². The van der Waals surface area contributed by atoms with E-state index in [2.05, 4.69) is 10.4 Å². The number of aromatic nitrogens is 1. The molecule has 0 aliphatic heterocycles. The number of nitrogens with one attached hydrogen (secondary N) is 1. The lowest BCUT2D eigenvalue weighted by molar-refractivity contribution is 0.309. The maximum Gasteiger partial charge on any atom is 0.151 e. The molecule has 2 rings (SSSR count). The number of thiazole rings is 1. The van der Waals surface area contributed by atoms with Gasteiger partial charge >= 0.3 is 0 Å². The van der Waals surface area contributed by atoms with E-state index in [1.807, 2.05) is 12.1 Å². The first kappa shape index (κ1) is 13.9. The van der Waals surface area contributed by atoms with Crippen LogP contribution in [0.2, 0.25) is 0 Å². The van der Waals surface area contributed by atoms with Crippen molar-refractivity contribution in [3.8, 4) is 11.8 Å². The van der Waals surface area contributed by atoms with Gasteiger partial charge in [-0.3, -0.25) is 4.98 Å². The first-order chi connectivity index (χ1) is 9.74. The normalized spacial score (nSPS) is 11.4. The monoisotopic (exact) mass is 287 g/mol. The van der Waals surface area contributed by atoms with Crippen molar-refractivity contribution in [3.63, 3.8) is 0 Å². The van der Waals surface area contributed by atoms with Crippen LogP contribution < -0.4 is 21.7 Å². The van der Waals surface area contributed by atoms with E-state index in [0.717, 1.165) is 4.88 Å². The molecule has 0 amide bonds. The molecule has 0 fully saturated rings. The van der Waals surface area contributed by atoms with Crippen molar-refractivity contribution in [3.05, 3.63) is 52.1 Å². The van der Waals surface area contributed by atoms with Crippen molar-refractivity contribution in [2.24, 2.45) is 11.6 Å². The molecule has 0 spiro atoms. The van der Waals surface area contributed by atoms with Gasteiger partial charge in [-0.05, 0) is 12.1 Å². The Bertz CT molecular complexity index is 645. The molecule has 7 heteroatoms. The van der Waals surface area contributed by atoms with Crippen molar-refractivity contribution in [2.75, 3.05) is 0 Å². The highest BCUT2D eigenvalue weighted by atomic mass is 32.1. The van der Waals surface area contributed by atoms with Gasteiger partial charge < -0.3 is 15.9 Å². The number of hydrogen-bond acceptors (Lipinski definition) is 7. The minimum atomic E-state index is 0.115. The number of benzene rings is 1. The molecule has 1 aromatic carbocycles. The highest BCUT2D eigenvalue weighted by Crippen LogP contribution is 2.20. The highest BCUT2D eigenvalue weighted by molar-refractivity contribution is 7.09. The lowest BCUT2D eigenvalue weighted by atomic mass is 10.1. The largest absolute Gasteiger partial charge is 0.488 e. The molecular weight excluding hydrogens is 274 g/mol. The first-order valence-corrected chi connectivity index (χ1v) is 6.59. The minimum absolute atomic E-state index is 0.115. The van der Waals surface area contributed by atoms with E-state index in [4.69, 9.17) is 21.6 Å². The molecule has 0 unspecified atom stereocenters. The molecule has 0 atom stereocenters. The molecule has 20 heavy (non-hydrogen) atoms. The molecular formula is C13H13N5OS. The highest BCUT2D eigenvalue weighted by Gasteiger charge is 2.06. The van der Waals surface area contributed by atoms with E-state index in [-0.39, 0.29) is 11.4 Å². The number of nitrogens with two attached hydrogens (primary N) is 2. The van der Waals surface area contributed by atoms with Gasteiger partial charge in [0.2, 0.25) is 0 Å². The third kappa shape index (κ3) is 3.26. The Balaban J connectivity index is 2.16. The van der Waals surface area contributed by atoms with E-state index in [1.54, 1.807) is 29.9 Å². The van der Waals surface area contributed by atoms with Gasteiger partial charge in [0.15, 0.2) is 5.70 Å². The zero-order valence-corrected chi connectivity index (χ0v) is 11.4. The fourth-order valence-electron chi connectivity index (χ4n) is 1.54. The summed E-state index contributed by atoms with van der Waals surface area (Å²) in [6.07, 6.45) is 1.76. The lowest BCUT2D eigenvalue weighted by Gasteiger charge is -2.08. The Kier molecular flexibility index (Phi) is 4.55. The topological polar surface area (TPSA) is 110 Å². The summed E-state index contributed by atoms with van der Waals surface area (Å²) in [7, 11) is 0. The van der Waals surface area contributed by atoms with Crippen molar-refractivity contribution in [1.82, 2.24) is 10.4 Å². The average molecular weight is 287 g/mol. The minimum Gasteiger partial charge on any atom is -0.488 e. The van der Waals surface area contributed by atoms with E-state index < -0.39 is 0 Å². The van der Waals surface area contributed by atoms with Gasteiger partial charge in [-0.15, -0.1) is 11.3 Å². The quantitative estimate of drug-likeness (QED) is 0.435. The van der Waals surface area contributed by atoms with Crippen LogP contribution >= 0.6 is 11.3 Å². The fourth-order valence-corrected chi connectivity index (χ4v) is 2.04. The number of nitriles is 1. The van der Waals surface area contributed by atoms with Gasteiger partial charge in [0.25, 0.3) is 0 Å². The Hall–Kier alpha value is -2.56. The van der Waals surface area contributed by atoms with E-state index in [0.29, 0.717) is 17.9 Å². The number of allylic oxidation sites excluding steroid dienone is 1. The summed E-state index contributed by atoms with van der Waals surface area (Å²) in [4.78, 5) is 5.01. The molecule has 2 aromatic rings. The molecule has 1 aromatic heterocycles. The van der Waals surface area contributed by atoms with Crippen LogP contribution in [0.4, 0.5) is 0 Å². The molecule has 0 saturated carbocycles. The van der Waals surface area contributed by atoms with Crippen molar-refractivity contribution >= 4 is 17.0 Å². The molecule has 102 valence electrons. The molecule has 1 heterocycles. The number of rotatable bonds is 5. The smallest absolute Gasteiger partial charge is 0.151 e. The second-order valence-electron chi connectivity index (χ2n) is 3.83. The van der Waals surface area contributed by atoms with Crippen molar-refractivity contribution < 1.29 is 4.74 Å². The van der Waals surface area contributed by atoms with Crippen LogP contribution in [-0.2, 0) is 6.61 Å². The molecule has 0 aliphatic carbocycles. The van der Waals surface area contributed by atoms with Gasteiger partial charge in [0.05, 0.1) is 16.1 Å². The van der Waals surface area contributed by atoms with E-state index in [1.165, 1.54) is 11.3 Å². The Labute approximate surface area is 120 Å². The molecule has 0 bridgehead atoms. The molecule has 0 aliphatic rings. The summed E-state index contributed by atoms with van der Waals surface area (Å²) in [5.41, 5.74) is 11.0. The van der Waals surface area contributed by atoms with Gasteiger partial charge in [-0.1, -0.05) is 12.1 Å². The van der Waals surface area contributed by atoms with Gasteiger partial charge in [0.1, 0.15) is 18.4 Å². The number of ether oxygens (including phenoxy) is 1. The number of hydrazine groups is 1. The maximum atomic E-state index is 8.89. The summed E-state index contributed by atoms with van der Waals surface area (Å²) in [6, 6.07) is 9.05. The predicted octanol–water partition coefficient (Wildman–Crippen LogP) is 1.34. The zero-order valence-electron chi connectivity index (χ0n) is 10.5. The summed E-state index contributed by atoms with van der Waals surface area (Å²) < 4.78 is 5.65. The Morgan fingerprint density at radius 3 is 3.00 bits per heavy atom. The van der Waals surface area contributed by atoms with Crippen LogP contribution in [0, 0.1) is 11.3 Å². The van der Waals surface area contributed by atoms with Crippen LogP contribution in [0.1, 0.15) is 10.4 Å². The Morgan fingerprint density at radius 2 is 2.35 bits per heavy atom. The summed E-state index contributed by atoms with van der Waals surface area (Å²) in [6.45, 7) is 0.442. The molecule has 6 nitrogen and oxygen atoms in total. The second-order valence-corrected chi connectivity index (χ2v) is 4.80. The Morgan fingerprint density at radius 1 is 1.50 bits per heavy atom. The molecule has 0 saturated heterocycles. The SMILES string of the molecule is N#C/C(NN)=C(/N)c1cccc(OCc2cncs2)c1. The summed E-state index contributed by atoms with van der Waals surface area (Å²) in [5.74, 6) is 5.90. The number of hydrogen-bond donors (Lipinski definition) is 3. The van der Waals surface area contributed by atoms with Crippen LogP contribution in [0.25, 0.3) is 5.70 Å². The van der Waals surface area contributed by atoms with Crippen molar-refractivity contribution in [2.45, 2.75) is 6.61 Å². The summed E-state index contributed by atoms with van der Waals surface area (Å²) >= 11 is 1.53. The fraction of sp³-hybridized carbons (Fsp3) is 0.0769. The average Bonchev–Trinajstić information content (AvgIpc) is 3.00. The lowest BCUT2D eigenvalue weighted by Crippen LogP contribution is -2.23. The van der Waals surface area contributed by atoms with Crippen molar-refractivity contribution in [1.29, 1.82) is 5.26 Å². The third-order valence-electron chi connectivity index (χ3n) is 2.54. The van der Waals surface area contributed by atoms with Crippen LogP contribution in [0.3, 0.4) is 0 Å².